The molecule has 0 saturated carbocycles. The number of phenolic OH excluding ortho intramolecular Hbond substituents is 1. The maximum absolute atomic E-state index is 11.7. The van der Waals surface area contributed by atoms with Crippen LogP contribution < -0.4 is 4.74 Å². The molecule has 1 aliphatic rings. The molecule has 4 atom stereocenters. The van der Waals surface area contributed by atoms with E-state index in [-0.39, 0.29) is 18.1 Å². The van der Waals surface area contributed by atoms with Gasteiger partial charge in [0.2, 0.25) is 0 Å². The Bertz CT molecular complexity index is 600. The van der Waals surface area contributed by atoms with Gasteiger partial charge in [0.25, 0.3) is 0 Å². The van der Waals surface area contributed by atoms with Crippen molar-refractivity contribution >= 4 is 12.0 Å². The third-order valence-corrected chi connectivity index (χ3v) is 3.56. The molecule has 1 aromatic carbocycles. The van der Waals surface area contributed by atoms with Gasteiger partial charge in [0.1, 0.15) is 24.9 Å². The first kappa shape index (κ1) is 18.2. The summed E-state index contributed by atoms with van der Waals surface area (Å²) in [5.41, 5.74) is 0.633. The molecule has 0 aliphatic carbocycles. The highest BCUT2D eigenvalue weighted by Gasteiger charge is 2.43. The largest absolute Gasteiger partial charge is 0.504 e. The monoisotopic (exact) mass is 340 g/mol. The second-order valence-corrected chi connectivity index (χ2v) is 5.15. The van der Waals surface area contributed by atoms with E-state index < -0.39 is 30.6 Å². The minimum absolute atomic E-state index is 0.00384. The van der Waals surface area contributed by atoms with Crippen molar-refractivity contribution in [2.45, 2.75) is 24.6 Å². The van der Waals surface area contributed by atoms with Crippen molar-refractivity contribution in [1.29, 1.82) is 0 Å². The predicted octanol–water partition coefficient (Wildman–Crippen LogP) is 0.0503. The number of phenols is 1. The van der Waals surface area contributed by atoms with Crippen LogP contribution in [0.2, 0.25) is 0 Å². The highest BCUT2D eigenvalue weighted by atomic mass is 16.7. The van der Waals surface area contributed by atoms with Gasteiger partial charge in [0, 0.05) is 13.2 Å². The van der Waals surface area contributed by atoms with E-state index >= 15 is 0 Å². The van der Waals surface area contributed by atoms with Crippen LogP contribution in [0.5, 0.6) is 11.5 Å². The van der Waals surface area contributed by atoms with Crippen molar-refractivity contribution in [2.75, 3.05) is 20.8 Å². The van der Waals surface area contributed by atoms with Crippen molar-refractivity contribution in [3.8, 4) is 11.5 Å². The van der Waals surface area contributed by atoms with Crippen LogP contribution in [0.4, 0.5) is 0 Å². The molecule has 1 aliphatic heterocycles. The Morgan fingerprint density at radius 1 is 1.29 bits per heavy atom. The number of carbonyl (C=O) groups excluding carboxylic acids is 1. The number of rotatable bonds is 6. The topological polar surface area (TPSA) is 115 Å². The number of hydrogen-bond donors (Lipinski definition) is 3. The van der Waals surface area contributed by atoms with Gasteiger partial charge in [-0.25, -0.2) is 4.79 Å². The molecular formula is C16H20O8. The zero-order valence-corrected chi connectivity index (χ0v) is 13.3. The van der Waals surface area contributed by atoms with E-state index in [9.17, 15) is 20.1 Å². The number of methoxy groups -OCH3 is 2. The molecule has 0 radical (unpaired) electrons. The molecule has 0 aromatic heterocycles. The number of aliphatic hydroxyl groups is 2. The maximum Gasteiger partial charge on any atom is 0.330 e. The molecule has 1 aromatic rings. The Hall–Kier alpha value is -2.13. The van der Waals surface area contributed by atoms with E-state index in [0.29, 0.717) is 5.56 Å². The van der Waals surface area contributed by atoms with E-state index in [1.807, 2.05) is 0 Å². The normalized spacial score (nSPS) is 26.7. The zero-order chi connectivity index (χ0) is 17.7. The summed E-state index contributed by atoms with van der Waals surface area (Å²) in [6, 6.07) is 4.60. The highest BCUT2D eigenvalue weighted by molar-refractivity contribution is 5.87. The first-order valence-electron chi connectivity index (χ1n) is 7.22. The van der Waals surface area contributed by atoms with Crippen LogP contribution in [0.15, 0.2) is 24.3 Å². The van der Waals surface area contributed by atoms with Crippen LogP contribution in [0.25, 0.3) is 6.08 Å². The highest BCUT2D eigenvalue weighted by Crippen LogP contribution is 2.26. The second kappa shape index (κ2) is 8.11. The molecule has 0 bridgehead atoms. The molecule has 24 heavy (non-hydrogen) atoms. The molecule has 2 rings (SSSR count). The quantitative estimate of drug-likeness (QED) is 0.492. The summed E-state index contributed by atoms with van der Waals surface area (Å²) in [5.74, 6) is -0.364. The molecule has 132 valence electrons. The molecule has 1 fully saturated rings. The molecule has 8 nitrogen and oxygen atoms in total. The molecule has 3 N–H and O–H groups in total. The van der Waals surface area contributed by atoms with Crippen LogP contribution >= 0.6 is 0 Å². The third-order valence-electron chi connectivity index (χ3n) is 3.56. The number of benzene rings is 1. The number of aliphatic hydroxyl groups excluding tert-OH is 2. The Labute approximate surface area is 138 Å². The fraction of sp³-hybridized carbons (Fsp3) is 0.438. The van der Waals surface area contributed by atoms with E-state index in [1.54, 1.807) is 12.1 Å². The van der Waals surface area contributed by atoms with Crippen molar-refractivity contribution in [1.82, 2.24) is 0 Å². The lowest BCUT2D eigenvalue weighted by Gasteiger charge is -2.13. The van der Waals surface area contributed by atoms with Gasteiger partial charge in [-0.2, -0.15) is 0 Å². The van der Waals surface area contributed by atoms with Crippen LogP contribution in [-0.2, 0) is 19.0 Å². The number of aromatic hydroxyl groups is 1. The lowest BCUT2D eigenvalue weighted by Crippen LogP contribution is -2.35. The Morgan fingerprint density at radius 3 is 2.67 bits per heavy atom. The van der Waals surface area contributed by atoms with Crippen LogP contribution in [-0.4, -0.2) is 66.7 Å². The van der Waals surface area contributed by atoms with Crippen molar-refractivity contribution in [3.05, 3.63) is 29.8 Å². The summed E-state index contributed by atoms with van der Waals surface area (Å²) >= 11 is 0. The zero-order valence-electron chi connectivity index (χ0n) is 13.3. The van der Waals surface area contributed by atoms with Crippen LogP contribution in [0.3, 0.4) is 0 Å². The number of hydrogen-bond acceptors (Lipinski definition) is 8. The Kier molecular flexibility index (Phi) is 6.16. The molecule has 1 saturated heterocycles. The fourth-order valence-electron chi connectivity index (χ4n) is 2.22. The molecule has 8 heteroatoms. The minimum atomic E-state index is -1.20. The molecule has 1 unspecified atom stereocenters. The number of carbonyl (C=O) groups is 1. The van der Waals surface area contributed by atoms with Crippen LogP contribution in [0.1, 0.15) is 5.56 Å². The summed E-state index contributed by atoms with van der Waals surface area (Å²) in [7, 11) is 2.76. The van der Waals surface area contributed by atoms with Crippen LogP contribution in [0, 0.1) is 0 Å². The summed E-state index contributed by atoms with van der Waals surface area (Å²) in [6.45, 7) is -0.222. The van der Waals surface area contributed by atoms with Gasteiger partial charge < -0.3 is 34.3 Å². The summed E-state index contributed by atoms with van der Waals surface area (Å²) in [4.78, 5) is 11.7. The van der Waals surface area contributed by atoms with E-state index in [4.69, 9.17) is 18.9 Å². The average molecular weight is 340 g/mol. The van der Waals surface area contributed by atoms with E-state index in [2.05, 4.69) is 0 Å². The Balaban J connectivity index is 1.87. The van der Waals surface area contributed by atoms with Crippen molar-refractivity contribution < 1.29 is 39.1 Å². The van der Waals surface area contributed by atoms with Gasteiger partial charge in [-0.05, 0) is 23.8 Å². The molecular weight excluding hydrogens is 320 g/mol. The van der Waals surface area contributed by atoms with Crippen molar-refractivity contribution in [3.63, 3.8) is 0 Å². The van der Waals surface area contributed by atoms with Gasteiger partial charge in [0.05, 0.1) is 7.11 Å². The summed E-state index contributed by atoms with van der Waals surface area (Å²) in [6.07, 6.45) is -1.54. The summed E-state index contributed by atoms with van der Waals surface area (Å²) < 4.78 is 20.0. The SMILES string of the molecule is COc1cc(C=CC(=O)OC[C@H]2OC(OC)[C@@H](O)[C@@H]2O)ccc1O. The standard InChI is InChI=1S/C16H20O8/c1-21-11-7-9(3-5-10(11)17)4-6-13(18)23-8-12-14(19)15(20)16(22-2)24-12/h3-7,12,14-17,19-20H,8H2,1-2H3/t12-,14-,15+,16?/m1/s1. The first-order valence-corrected chi connectivity index (χ1v) is 7.22. The van der Waals surface area contributed by atoms with E-state index in [0.717, 1.165) is 0 Å². The number of esters is 1. The Morgan fingerprint density at radius 2 is 2.04 bits per heavy atom. The van der Waals surface area contributed by atoms with Gasteiger partial charge in [-0.15, -0.1) is 0 Å². The maximum atomic E-state index is 11.7. The van der Waals surface area contributed by atoms with Crippen molar-refractivity contribution in [2.24, 2.45) is 0 Å². The van der Waals surface area contributed by atoms with Gasteiger partial charge in [0.15, 0.2) is 17.8 Å². The van der Waals surface area contributed by atoms with Gasteiger partial charge in [-0.3, -0.25) is 0 Å². The minimum Gasteiger partial charge on any atom is -0.504 e. The number of ether oxygens (including phenoxy) is 4. The predicted molar refractivity (Wildman–Crippen MR) is 82.3 cm³/mol. The lowest BCUT2D eigenvalue weighted by atomic mass is 10.1. The van der Waals surface area contributed by atoms with Gasteiger partial charge >= 0.3 is 5.97 Å². The smallest absolute Gasteiger partial charge is 0.330 e. The lowest BCUT2D eigenvalue weighted by molar-refractivity contribution is -0.162. The second-order valence-electron chi connectivity index (χ2n) is 5.15. The molecule has 1 heterocycles. The first-order chi connectivity index (χ1) is 11.5. The third kappa shape index (κ3) is 4.24. The summed E-state index contributed by atoms with van der Waals surface area (Å²) in [5, 5.41) is 28.9. The fourth-order valence-corrected chi connectivity index (χ4v) is 2.22. The van der Waals surface area contributed by atoms with Gasteiger partial charge in [-0.1, -0.05) is 6.07 Å². The van der Waals surface area contributed by atoms with E-state index in [1.165, 1.54) is 32.4 Å². The average Bonchev–Trinajstić information content (AvgIpc) is 2.86. The molecule has 0 spiro atoms. The molecule has 0 amide bonds.